The number of nitro groups is 1. The molecule has 2 aromatic carbocycles. The summed E-state index contributed by atoms with van der Waals surface area (Å²) in [5.41, 5.74) is 2.79. The molecule has 0 aromatic heterocycles. The number of hydrogen-bond donors (Lipinski definition) is 1. The van der Waals surface area contributed by atoms with Crippen molar-refractivity contribution in [1.29, 1.82) is 0 Å². The van der Waals surface area contributed by atoms with Crippen LogP contribution in [0.3, 0.4) is 0 Å². The van der Waals surface area contributed by atoms with Crippen LogP contribution >= 0.6 is 0 Å². The standard InChI is InChI=1S/C17H15N3O6S2/c21-20(22)14-6-8-15(9-7-14)28(25,26)17-16(12-18-19-17)27(23,24)11-10-13-4-2-1-3-5-13/h1-11,16,18H,12H2/b11-10+. The quantitative estimate of drug-likeness (QED) is 0.573. The molecule has 1 unspecified atom stereocenters. The molecule has 1 aliphatic rings. The molecule has 1 heterocycles. The van der Waals surface area contributed by atoms with Crippen molar-refractivity contribution < 1.29 is 21.8 Å². The van der Waals surface area contributed by atoms with Gasteiger partial charge in [-0.25, -0.2) is 16.8 Å². The van der Waals surface area contributed by atoms with Gasteiger partial charge in [-0.2, -0.15) is 5.10 Å². The zero-order valence-corrected chi connectivity index (χ0v) is 15.9. The predicted molar refractivity (Wildman–Crippen MR) is 104 cm³/mol. The highest BCUT2D eigenvalue weighted by molar-refractivity contribution is 8.09. The normalized spacial score (nSPS) is 17.3. The van der Waals surface area contributed by atoms with E-state index < -0.39 is 34.9 Å². The van der Waals surface area contributed by atoms with Gasteiger partial charge < -0.3 is 5.43 Å². The summed E-state index contributed by atoms with van der Waals surface area (Å²) in [5.74, 6) is 0. The average Bonchev–Trinajstić information content (AvgIpc) is 3.19. The topological polar surface area (TPSA) is 136 Å². The van der Waals surface area contributed by atoms with E-state index in [0.29, 0.717) is 5.56 Å². The Morgan fingerprint density at radius 1 is 1.04 bits per heavy atom. The molecule has 2 aromatic rings. The summed E-state index contributed by atoms with van der Waals surface area (Å²) in [4.78, 5) is 9.80. The number of hydrazone groups is 1. The van der Waals surface area contributed by atoms with E-state index in [1.807, 2.05) is 0 Å². The Bertz CT molecular complexity index is 1160. The summed E-state index contributed by atoms with van der Waals surface area (Å²) in [7, 11) is -8.23. The molecular weight excluding hydrogens is 406 g/mol. The highest BCUT2D eigenvalue weighted by atomic mass is 32.2. The minimum Gasteiger partial charge on any atom is -0.307 e. The Morgan fingerprint density at radius 2 is 1.68 bits per heavy atom. The fraction of sp³-hybridized carbons (Fsp3) is 0.118. The molecule has 9 nitrogen and oxygen atoms in total. The second-order valence-electron chi connectivity index (χ2n) is 5.86. The summed E-state index contributed by atoms with van der Waals surface area (Å²) in [6.07, 6.45) is 1.38. The van der Waals surface area contributed by atoms with Gasteiger partial charge in [0.05, 0.1) is 16.4 Å². The van der Waals surface area contributed by atoms with Crippen molar-refractivity contribution >= 4 is 36.5 Å². The Morgan fingerprint density at radius 3 is 2.29 bits per heavy atom. The molecule has 146 valence electrons. The fourth-order valence-electron chi connectivity index (χ4n) is 2.56. The summed E-state index contributed by atoms with van der Waals surface area (Å²) >= 11 is 0. The number of benzene rings is 2. The number of non-ortho nitro benzene ring substituents is 1. The molecule has 3 rings (SSSR count). The number of nitro benzene ring substituents is 1. The molecule has 0 radical (unpaired) electrons. The first-order chi connectivity index (χ1) is 13.2. The van der Waals surface area contributed by atoms with E-state index in [9.17, 15) is 26.9 Å². The Kier molecular flexibility index (Phi) is 5.29. The molecule has 0 amide bonds. The average molecular weight is 421 g/mol. The molecule has 0 saturated heterocycles. The van der Waals surface area contributed by atoms with Crippen molar-refractivity contribution in [1.82, 2.24) is 5.43 Å². The molecular formula is C17H15N3O6S2. The summed E-state index contributed by atoms with van der Waals surface area (Å²) in [6, 6.07) is 12.9. The molecule has 0 fully saturated rings. The lowest BCUT2D eigenvalue weighted by atomic mass is 10.2. The van der Waals surface area contributed by atoms with Gasteiger partial charge in [-0.05, 0) is 23.8 Å². The van der Waals surface area contributed by atoms with E-state index in [1.165, 1.54) is 6.08 Å². The smallest absolute Gasteiger partial charge is 0.269 e. The van der Waals surface area contributed by atoms with Crippen molar-refractivity contribution in [3.8, 4) is 0 Å². The summed E-state index contributed by atoms with van der Waals surface area (Å²) in [6.45, 7) is -0.191. The first kappa shape index (κ1) is 19.7. The van der Waals surface area contributed by atoms with Crippen LogP contribution in [0.4, 0.5) is 5.69 Å². The molecule has 0 spiro atoms. The van der Waals surface area contributed by atoms with Crippen molar-refractivity contribution in [2.24, 2.45) is 5.10 Å². The lowest BCUT2D eigenvalue weighted by Gasteiger charge is -2.11. The largest absolute Gasteiger partial charge is 0.307 e. The fourth-order valence-corrected chi connectivity index (χ4v) is 5.87. The van der Waals surface area contributed by atoms with Gasteiger partial charge in [0.2, 0.25) is 9.84 Å². The summed E-state index contributed by atoms with van der Waals surface area (Å²) in [5, 5.41) is 13.4. The molecule has 1 N–H and O–H groups in total. The van der Waals surface area contributed by atoms with Crippen LogP contribution in [0.15, 0.2) is 70.0 Å². The summed E-state index contributed by atoms with van der Waals surface area (Å²) < 4.78 is 51.0. The van der Waals surface area contributed by atoms with Crippen LogP contribution in [0.5, 0.6) is 0 Å². The Labute approximate surface area is 161 Å². The molecule has 1 atom stereocenters. The molecule has 28 heavy (non-hydrogen) atoms. The molecule has 0 aliphatic carbocycles. The Balaban J connectivity index is 1.91. The van der Waals surface area contributed by atoms with E-state index in [2.05, 4.69) is 10.5 Å². The Hall–Kier alpha value is -3.05. The van der Waals surface area contributed by atoms with Crippen LogP contribution in [-0.4, -0.2) is 38.6 Å². The maximum absolute atomic E-state index is 12.8. The van der Waals surface area contributed by atoms with Gasteiger partial charge in [-0.3, -0.25) is 10.1 Å². The third-order valence-electron chi connectivity index (χ3n) is 4.02. The van der Waals surface area contributed by atoms with E-state index in [-0.39, 0.29) is 17.1 Å². The van der Waals surface area contributed by atoms with Crippen LogP contribution in [0.1, 0.15) is 5.56 Å². The number of hydrogen-bond acceptors (Lipinski definition) is 8. The van der Waals surface area contributed by atoms with Crippen molar-refractivity contribution in [2.45, 2.75) is 10.1 Å². The predicted octanol–water partition coefficient (Wildman–Crippen LogP) is 1.74. The molecule has 0 bridgehead atoms. The van der Waals surface area contributed by atoms with Gasteiger partial charge in [0.25, 0.3) is 5.69 Å². The van der Waals surface area contributed by atoms with Crippen LogP contribution in [0.25, 0.3) is 6.08 Å². The van der Waals surface area contributed by atoms with Gasteiger partial charge in [0.1, 0.15) is 5.25 Å². The SMILES string of the molecule is O=[N+]([O-])c1ccc(S(=O)(=O)C2=NNCC2S(=O)(=O)/C=C/c2ccccc2)cc1. The molecule has 1 aliphatic heterocycles. The number of nitrogens with one attached hydrogen (secondary N) is 1. The second-order valence-corrected chi connectivity index (χ2v) is 9.77. The van der Waals surface area contributed by atoms with E-state index >= 15 is 0 Å². The lowest BCUT2D eigenvalue weighted by molar-refractivity contribution is -0.384. The van der Waals surface area contributed by atoms with E-state index in [0.717, 1.165) is 29.7 Å². The second kappa shape index (κ2) is 7.52. The zero-order valence-electron chi connectivity index (χ0n) is 14.3. The van der Waals surface area contributed by atoms with E-state index in [4.69, 9.17) is 0 Å². The number of nitrogens with zero attached hydrogens (tertiary/aromatic N) is 2. The van der Waals surface area contributed by atoms with Crippen molar-refractivity contribution in [3.05, 3.63) is 75.7 Å². The van der Waals surface area contributed by atoms with Gasteiger partial charge in [0, 0.05) is 17.5 Å². The van der Waals surface area contributed by atoms with Crippen LogP contribution < -0.4 is 5.43 Å². The maximum atomic E-state index is 12.8. The minimum absolute atomic E-state index is 0.191. The monoisotopic (exact) mass is 421 g/mol. The molecule has 11 heteroatoms. The number of rotatable bonds is 5. The third-order valence-corrected chi connectivity index (χ3v) is 7.69. The van der Waals surface area contributed by atoms with Gasteiger partial charge in [-0.15, -0.1) is 0 Å². The first-order valence-corrected chi connectivity index (χ1v) is 11.1. The van der Waals surface area contributed by atoms with Crippen LogP contribution in [-0.2, 0) is 19.7 Å². The highest BCUT2D eigenvalue weighted by Gasteiger charge is 2.40. The highest BCUT2D eigenvalue weighted by Crippen LogP contribution is 2.23. The lowest BCUT2D eigenvalue weighted by Crippen LogP contribution is -2.35. The third kappa shape index (κ3) is 3.94. The van der Waals surface area contributed by atoms with Crippen LogP contribution in [0, 0.1) is 10.1 Å². The van der Waals surface area contributed by atoms with Crippen LogP contribution in [0.2, 0.25) is 0 Å². The maximum Gasteiger partial charge on any atom is 0.269 e. The zero-order chi connectivity index (χ0) is 20.4. The van der Waals surface area contributed by atoms with E-state index in [1.54, 1.807) is 30.3 Å². The number of sulfone groups is 2. The van der Waals surface area contributed by atoms with Crippen molar-refractivity contribution in [2.75, 3.05) is 6.54 Å². The minimum atomic E-state index is -4.24. The molecule has 0 saturated carbocycles. The van der Waals surface area contributed by atoms with Crippen molar-refractivity contribution in [3.63, 3.8) is 0 Å². The van der Waals surface area contributed by atoms with Gasteiger partial charge in [0.15, 0.2) is 14.9 Å². The van der Waals surface area contributed by atoms with Gasteiger partial charge >= 0.3 is 0 Å². The first-order valence-electron chi connectivity index (χ1n) is 7.99. The van der Waals surface area contributed by atoms with Gasteiger partial charge in [-0.1, -0.05) is 30.3 Å².